The van der Waals surface area contributed by atoms with Gasteiger partial charge in [0, 0.05) is 12.1 Å². The molecule has 0 aromatic carbocycles. The normalized spacial score (nSPS) is 12.3. The van der Waals surface area contributed by atoms with Crippen molar-refractivity contribution in [2.75, 3.05) is 0 Å². The summed E-state index contributed by atoms with van der Waals surface area (Å²) in [6, 6.07) is 3.57. The van der Waals surface area contributed by atoms with Crippen LogP contribution in [0.1, 0.15) is 26.1 Å². The Bertz CT molecular complexity index is 650. The van der Waals surface area contributed by atoms with Gasteiger partial charge >= 0.3 is 0 Å². The number of halogens is 1. The SMILES string of the molecule is C=C(C)CC(C)C(=O)NCc1nnc2c(Cl)cccn12. The summed E-state index contributed by atoms with van der Waals surface area (Å²) in [5.74, 6) is 0.528. The third kappa shape index (κ3) is 3.17. The van der Waals surface area contributed by atoms with Crippen LogP contribution < -0.4 is 5.32 Å². The first-order valence-corrected chi connectivity index (χ1v) is 6.77. The van der Waals surface area contributed by atoms with E-state index < -0.39 is 0 Å². The van der Waals surface area contributed by atoms with Gasteiger partial charge in [0.05, 0.1) is 11.6 Å². The van der Waals surface area contributed by atoms with Gasteiger partial charge in [-0.15, -0.1) is 16.8 Å². The quantitative estimate of drug-likeness (QED) is 0.862. The zero-order valence-corrected chi connectivity index (χ0v) is 12.3. The Hall–Kier alpha value is -1.88. The number of pyridine rings is 1. The molecule has 2 rings (SSSR count). The molecule has 2 aromatic rings. The number of carbonyl (C=O) groups is 1. The number of hydrogen-bond acceptors (Lipinski definition) is 3. The fourth-order valence-electron chi connectivity index (χ4n) is 2.01. The monoisotopic (exact) mass is 292 g/mol. The highest BCUT2D eigenvalue weighted by Gasteiger charge is 2.14. The number of nitrogens with one attached hydrogen (secondary N) is 1. The van der Waals surface area contributed by atoms with Crippen molar-refractivity contribution in [3.63, 3.8) is 0 Å². The molecule has 1 atom stereocenters. The van der Waals surface area contributed by atoms with E-state index in [0.29, 0.717) is 29.5 Å². The third-order valence-corrected chi connectivity index (χ3v) is 3.28. The van der Waals surface area contributed by atoms with Crippen LogP contribution in [0, 0.1) is 5.92 Å². The molecule has 106 valence electrons. The molecule has 0 aliphatic rings. The van der Waals surface area contributed by atoms with Gasteiger partial charge in [0.25, 0.3) is 0 Å². The molecule has 0 saturated heterocycles. The summed E-state index contributed by atoms with van der Waals surface area (Å²) in [5, 5.41) is 11.4. The zero-order chi connectivity index (χ0) is 14.7. The minimum absolute atomic E-state index is 0.0215. The second-order valence-corrected chi connectivity index (χ2v) is 5.35. The van der Waals surface area contributed by atoms with Crippen molar-refractivity contribution in [3.05, 3.63) is 41.3 Å². The fraction of sp³-hybridized carbons (Fsp3) is 0.357. The lowest BCUT2D eigenvalue weighted by Gasteiger charge is -2.11. The van der Waals surface area contributed by atoms with Crippen molar-refractivity contribution < 1.29 is 4.79 Å². The van der Waals surface area contributed by atoms with Gasteiger partial charge in [-0.1, -0.05) is 24.1 Å². The van der Waals surface area contributed by atoms with Crippen molar-refractivity contribution >= 4 is 23.2 Å². The number of rotatable bonds is 5. The van der Waals surface area contributed by atoms with Gasteiger partial charge in [0.2, 0.25) is 5.91 Å². The van der Waals surface area contributed by atoms with E-state index in [4.69, 9.17) is 11.6 Å². The van der Waals surface area contributed by atoms with Crippen LogP contribution >= 0.6 is 11.6 Å². The number of fused-ring (bicyclic) bond motifs is 1. The van der Waals surface area contributed by atoms with Crippen LogP contribution in [0.5, 0.6) is 0 Å². The molecule has 0 saturated carbocycles. The van der Waals surface area contributed by atoms with E-state index in [1.54, 1.807) is 10.5 Å². The molecule has 0 spiro atoms. The number of allylic oxidation sites excluding steroid dienone is 1. The molecule has 2 heterocycles. The van der Waals surface area contributed by atoms with Gasteiger partial charge in [-0.2, -0.15) is 0 Å². The topological polar surface area (TPSA) is 59.3 Å². The Morgan fingerprint density at radius 1 is 1.55 bits per heavy atom. The maximum absolute atomic E-state index is 11.9. The van der Waals surface area contributed by atoms with Crippen LogP contribution in [0.4, 0.5) is 0 Å². The molecule has 6 heteroatoms. The van der Waals surface area contributed by atoms with Crippen molar-refractivity contribution in [1.82, 2.24) is 19.9 Å². The Morgan fingerprint density at radius 2 is 2.30 bits per heavy atom. The molecular formula is C14H17ClN4O. The van der Waals surface area contributed by atoms with Crippen molar-refractivity contribution in [2.24, 2.45) is 5.92 Å². The number of hydrogen-bond donors (Lipinski definition) is 1. The highest BCUT2D eigenvalue weighted by molar-refractivity contribution is 6.33. The molecule has 0 aliphatic carbocycles. The van der Waals surface area contributed by atoms with E-state index in [2.05, 4.69) is 22.1 Å². The van der Waals surface area contributed by atoms with Crippen LogP contribution in [0.15, 0.2) is 30.5 Å². The van der Waals surface area contributed by atoms with Crippen LogP contribution in [-0.2, 0) is 11.3 Å². The first-order valence-electron chi connectivity index (χ1n) is 6.39. The minimum atomic E-state index is -0.102. The molecule has 0 radical (unpaired) electrons. The largest absolute Gasteiger partial charge is 0.349 e. The summed E-state index contributed by atoms with van der Waals surface area (Å²) >= 11 is 6.02. The summed E-state index contributed by atoms with van der Waals surface area (Å²) in [5.41, 5.74) is 1.58. The zero-order valence-electron chi connectivity index (χ0n) is 11.6. The van der Waals surface area contributed by atoms with Crippen molar-refractivity contribution in [3.8, 4) is 0 Å². The first kappa shape index (κ1) is 14.5. The van der Waals surface area contributed by atoms with Gasteiger partial charge in [-0.3, -0.25) is 9.20 Å². The molecule has 20 heavy (non-hydrogen) atoms. The van der Waals surface area contributed by atoms with Gasteiger partial charge < -0.3 is 5.32 Å². The van der Waals surface area contributed by atoms with E-state index in [1.165, 1.54) is 0 Å². The lowest BCUT2D eigenvalue weighted by molar-refractivity contribution is -0.124. The Kier molecular flexibility index (Phi) is 4.39. The van der Waals surface area contributed by atoms with Crippen molar-refractivity contribution in [1.29, 1.82) is 0 Å². The molecule has 5 nitrogen and oxygen atoms in total. The second-order valence-electron chi connectivity index (χ2n) is 4.95. The molecule has 1 amide bonds. The third-order valence-electron chi connectivity index (χ3n) is 2.98. The predicted octanol–water partition coefficient (Wildman–Crippen LogP) is 2.60. The van der Waals surface area contributed by atoms with Crippen LogP contribution in [0.25, 0.3) is 5.65 Å². The Balaban J connectivity index is 2.04. The van der Waals surface area contributed by atoms with E-state index in [0.717, 1.165) is 5.57 Å². The Labute approximate surface area is 122 Å². The first-order chi connectivity index (χ1) is 9.49. The maximum atomic E-state index is 11.9. The molecule has 1 N–H and O–H groups in total. The van der Waals surface area contributed by atoms with Crippen LogP contribution in [0.2, 0.25) is 5.02 Å². The highest BCUT2D eigenvalue weighted by atomic mass is 35.5. The summed E-state index contributed by atoms with van der Waals surface area (Å²) in [7, 11) is 0. The number of amides is 1. The van der Waals surface area contributed by atoms with Crippen LogP contribution in [0.3, 0.4) is 0 Å². The average molecular weight is 293 g/mol. The number of aromatic nitrogens is 3. The molecular weight excluding hydrogens is 276 g/mol. The smallest absolute Gasteiger partial charge is 0.223 e. The summed E-state index contributed by atoms with van der Waals surface area (Å²) < 4.78 is 1.77. The van der Waals surface area contributed by atoms with Crippen LogP contribution in [-0.4, -0.2) is 20.5 Å². The summed E-state index contributed by atoms with van der Waals surface area (Å²) in [4.78, 5) is 11.9. The predicted molar refractivity (Wildman–Crippen MR) is 78.4 cm³/mol. The Morgan fingerprint density at radius 3 is 3.00 bits per heavy atom. The van der Waals surface area contributed by atoms with Gasteiger partial charge in [0.1, 0.15) is 0 Å². The lowest BCUT2D eigenvalue weighted by atomic mass is 10.0. The van der Waals surface area contributed by atoms with Gasteiger partial charge in [-0.25, -0.2) is 0 Å². The highest BCUT2D eigenvalue weighted by Crippen LogP contribution is 2.15. The van der Waals surface area contributed by atoms with E-state index >= 15 is 0 Å². The standard InChI is InChI=1S/C14H17ClN4O/c1-9(2)7-10(3)14(20)16-8-12-17-18-13-11(15)5-4-6-19(12)13/h4-6,10H,1,7-8H2,2-3H3,(H,16,20). The molecule has 0 fully saturated rings. The fourth-order valence-corrected chi connectivity index (χ4v) is 2.21. The van der Waals surface area contributed by atoms with Gasteiger partial charge in [0.15, 0.2) is 11.5 Å². The molecule has 0 aliphatic heterocycles. The van der Waals surface area contributed by atoms with E-state index in [9.17, 15) is 4.79 Å². The average Bonchev–Trinajstić information content (AvgIpc) is 2.79. The second kappa shape index (κ2) is 6.05. The minimum Gasteiger partial charge on any atom is -0.349 e. The van der Waals surface area contributed by atoms with E-state index in [1.807, 2.05) is 26.1 Å². The molecule has 0 bridgehead atoms. The molecule has 2 aromatic heterocycles. The molecule has 1 unspecified atom stereocenters. The van der Waals surface area contributed by atoms with E-state index in [-0.39, 0.29) is 11.8 Å². The van der Waals surface area contributed by atoms with Crippen molar-refractivity contribution in [2.45, 2.75) is 26.8 Å². The maximum Gasteiger partial charge on any atom is 0.223 e. The number of nitrogens with zero attached hydrogens (tertiary/aromatic N) is 3. The lowest BCUT2D eigenvalue weighted by Crippen LogP contribution is -2.29. The van der Waals surface area contributed by atoms with Gasteiger partial charge in [-0.05, 0) is 25.5 Å². The summed E-state index contributed by atoms with van der Waals surface area (Å²) in [6.07, 6.45) is 2.50. The summed E-state index contributed by atoms with van der Waals surface area (Å²) in [6.45, 7) is 7.93. The number of carbonyl (C=O) groups excluding carboxylic acids is 1.